The quantitative estimate of drug-likeness (QED) is 0.128. The summed E-state index contributed by atoms with van der Waals surface area (Å²) in [6, 6.07) is 130. The lowest BCUT2D eigenvalue weighted by atomic mass is 9.65. The summed E-state index contributed by atoms with van der Waals surface area (Å²) in [6.45, 7) is 0. The lowest BCUT2D eigenvalue weighted by molar-refractivity contribution is -0.120. The number of aliphatic hydroxyl groups is 1. The van der Waals surface area contributed by atoms with Gasteiger partial charge in [-0.05, 0) is 237 Å². The molecule has 2 aromatic heterocycles. The Hall–Kier alpha value is -10.2. The van der Waals surface area contributed by atoms with Crippen molar-refractivity contribution in [1.82, 2.24) is 9.13 Å². The molecule has 0 radical (unpaired) electrons. The molecule has 4 saturated carbocycles. The summed E-state index contributed by atoms with van der Waals surface area (Å²) < 4.78 is 9.16. The minimum absolute atomic E-state index is 0.0911. The van der Waals surface area contributed by atoms with Crippen molar-refractivity contribution in [3.8, 4) is 11.4 Å². The van der Waals surface area contributed by atoms with Gasteiger partial charge in [-0.2, -0.15) is 0 Å². The second kappa shape index (κ2) is 40.1. The fourth-order valence-corrected chi connectivity index (χ4v) is 19.2. The zero-order chi connectivity index (χ0) is 80.9. The molecule has 14 aromatic carbocycles. The monoisotopic (exact) mass is 1800 g/mol. The molecule has 0 saturated heterocycles. The minimum atomic E-state index is -0.557. The Labute approximate surface area is 730 Å². The Morgan fingerprint density at radius 2 is 0.593 bits per heavy atom. The Morgan fingerprint density at radius 3 is 1.03 bits per heavy atom. The van der Waals surface area contributed by atoms with E-state index >= 15 is 0 Å². The molecule has 4 aliphatic rings. The van der Waals surface area contributed by atoms with Crippen LogP contribution in [0.3, 0.4) is 0 Å². The number of para-hydroxylation sites is 6. The molecule has 16 aromatic rings. The molecule has 0 bridgehead atoms. The molecule has 4 aliphatic carbocycles. The molecular formula is C108H102Br4N4O2. The van der Waals surface area contributed by atoms with Crippen LogP contribution in [-0.2, 0) is 21.2 Å². The molecule has 0 aliphatic heterocycles. The number of anilines is 5. The molecule has 2 N–H and O–H groups in total. The number of rotatable bonds is 12. The van der Waals surface area contributed by atoms with E-state index in [1.54, 1.807) is 0 Å². The maximum atomic E-state index is 10.5. The van der Waals surface area contributed by atoms with E-state index in [9.17, 15) is 9.90 Å². The molecule has 0 amide bonds. The van der Waals surface area contributed by atoms with Gasteiger partial charge in [-0.25, -0.2) is 0 Å². The SMILES string of the molecule is Brc1ccc(Br)cc1.Brc1ccc(C2(c3ccccc3)CCCCC2)cc1.O=C1CCCCC1.OC1(c2ccc(Br)cc2)CCCCC1.c1ccc(N(c2ccc(C3(c4ccccc4)CCCCC3)cc2)c2ccc3c(c2)c2ccccc2n3-c2ccccc2)cc1.c1ccc(Nc2ccc3c(c2)c2ccccc2n3-c2ccccc2)cc1. The summed E-state index contributed by atoms with van der Waals surface area (Å²) in [6.07, 6.45) is 23.5. The van der Waals surface area contributed by atoms with Crippen LogP contribution < -0.4 is 10.2 Å². The summed E-state index contributed by atoms with van der Waals surface area (Å²) in [4.78, 5) is 12.9. The van der Waals surface area contributed by atoms with Crippen molar-refractivity contribution in [2.45, 2.75) is 145 Å². The highest BCUT2D eigenvalue weighted by atomic mass is 79.9. The van der Waals surface area contributed by atoms with Crippen molar-refractivity contribution in [2.75, 3.05) is 10.2 Å². The van der Waals surface area contributed by atoms with E-state index in [4.69, 9.17) is 0 Å². The third kappa shape index (κ3) is 19.9. The number of nitrogens with one attached hydrogen (secondary N) is 1. The molecule has 0 atom stereocenters. The topological polar surface area (TPSA) is 62.4 Å². The van der Waals surface area contributed by atoms with Gasteiger partial charge >= 0.3 is 0 Å². The van der Waals surface area contributed by atoms with E-state index in [1.165, 1.54) is 160 Å². The van der Waals surface area contributed by atoms with Gasteiger partial charge in [0.15, 0.2) is 0 Å². The number of nitrogens with zero attached hydrogens (tertiary/aromatic N) is 3. The number of aromatic nitrogens is 2. The van der Waals surface area contributed by atoms with Crippen LogP contribution in [0.25, 0.3) is 55.0 Å². The normalized spacial score (nSPS) is 15.2. The Bertz CT molecular complexity index is 5820. The van der Waals surface area contributed by atoms with Gasteiger partial charge in [-0.15, -0.1) is 0 Å². The second-order valence-corrected chi connectivity index (χ2v) is 35.3. The van der Waals surface area contributed by atoms with Gasteiger partial charge in [-0.1, -0.05) is 334 Å². The van der Waals surface area contributed by atoms with E-state index in [0.717, 1.165) is 97.6 Å². The Kier molecular flexibility index (Phi) is 28.1. The highest BCUT2D eigenvalue weighted by Gasteiger charge is 2.37. The van der Waals surface area contributed by atoms with Crippen molar-refractivity contribution in [3.05, 3.63) is 410 Å². The number of hydrogen-bond acceptors (Lipinski definition) is 4. The molecule has 2 heterocycles. The first-order chi connectivity index (χ1) is 57.9. The average Bonchev–Trinajstić information content (AvgIpc) is 1.57. The van der Waals surface area contributed by atoms with E-state index in [2.05, 4.69) is 380 Å². The van der Waals surface area contributed by atoms with E-state index in [1.807, 2.05) is 66.7 Å². The van der Waals surface area contributed by atoms with Crippen molar-refractivity contribution in [3.63, 3.8) is 0 Å². The van der Waals surface area contributed by atoms with Crippen molar-refractivity contribution >= 4 is 142 Å². The van der Waals surface area contributed by atoms with Gasteiger partial charge < -0.3 is 24.5 Å². The van der Waals surface area contributed by atoms with Crippen molar-refractivity contribution in [1.29, 1.82) is 0 Å². The van der Waals surface area contributed by atoms with Gasteiger partial charge in [0, 0.05) is 103 Å². The van der Waals surface area contributed by atoms with Crippen LogP contribution in [0.15, 0.2) is 382 Å². The predicted molar refractivity (Wildman–Crippen MR) is 512 cm³/mol. The largest absolute Gasteiger partial charge is 0.385 e. The summed E-state index contributed by atoms with van der Waals surface area (Å²) in [7, 11) is 0. The van der Waals surface area contributed by atoms with E-state index in [0.29, 0.717) is 5.78 Å². The molecule has 20 rings (SSSR count). The molecule has 594 valence electrons. The summed E-state index contributed by atoms with van der Waals surface area (Å²) in [5.41, 5.74) is 19.6. The lowest BCUT2D eigenvalue weighted by Gasteiger charge is -2.39. The fourth-order valence-electron chi connectivity index (χ4n) is 18.1. The van der Waals surface area contributed by atoms with Crippen LogP contribution in [0.4, 0.5) is 28.4 Å². The molecule has 6 nitrogen and oxygen atoms in total. The zero-order valence-corrected chi connectivity index (χ0v) is 73.3. The van der Waals surface area contributed by atoms with Crippen molar-refractivity contribution in [2.24, 2.45) is 0 Å². The number of fused-ring (bicyclic) bond motifs is 6. The number of Topliss-reactive ketones (excluding diaryl/α,β-unsaturated/α-hetero) is 1. The molecular weight excluding hydrogens is 1700 g/mol. The summed E-state index contributed by atoms with van der Waals surface area (Å²) >= 11 is 13.6. The number of carbonyl (C=O) groups excluding carboxylic acids is 1. The zero-order valence-electron chi connectivity index (χ0n) is 67.0. The molecule has 118 heavy (non-hydrogen) atoms. The smallest absolute Gasteiger partial charge is 0.132 e. The molecule has 10 heteroatoms. The first-order valence-electron chi connectivity index (χ1n) is 42.2. The fraction of sp³-hybridized carbons (Fsp3) is 0.213. The molecule has 0 spiro atoms. The summed E-state index contributed by atoms with van der Waals surface area (Å²) in [5, 5.41) is 19.0. The third-order valence-electron chi connectivity index (χ3n) is 24.1. The van der Waals surface area contributed by atoms with E-state index in [-0.39, 0.29) is 10.8 Å². The van der Waals surface area contributed by atoms with Crippen LogP contribution in [0.2, 0.25) is 0 Å². The van der Waals surface area contributed by atoms with E-state index < -0.39 is 5.60 Å². The molecule has 4 fully saturated rings. The van der Waals surface area contributed by atoms with Gasteiger partial charge in [0.05, 0.1) is 27.7 Å². The standard InChI is InChI=1S/C42H36N2.C24H18N2.C18H19Br.C12H15BrO.C6H4Br2.C6H10O/c1-5-15-32(16-6-1)42(29-13-4-14-30-42)33-23-25-36(26-24-33)43(34-17-7-2-8-18-34)37-27-28-41-39(31-37)38-21-11-12-22-40(38)44(41)35-19-9-3-10-20-35;1-3-9-18(10-4-1)25-19-15-16-24-22(17-19)21-13-7-8-14-23(21)26(24)20-11-5-2-6-12-20;19-17-11-9-16(10-12-17)18(13-5-2-6-14-18)15-7-3-1-4-8-15;13-11-6-4-10(5-7-11)12(14)8-2-1-3-9-12;7-5-1-2-6(8)4-3-5;7-6-4-2-1-3-5-6/h1-3,5-12,15-28,31H,4,13-14,29-30H2;1-17,25H;1,3-4,7-12H,2,5-6,13-14H2;4-7,14H,1-3,8-9H2;1-4H;1-5H2. The predicted octanol–water partition coefficient (Wildman–Crippen LogP) is 32.1. The Balaban J connectivity index is 0.000000124. The lowest BCUT2D eigenvalue weighted by Crippen LogP contribution is -2.30. The number of hydrogen-bond donors (Lipinski definition) is 2. The number of ketones is 1. The van der Waals surface area contributed by atoms with Gasteiger partial charge in [0.25, 0.3) is 0 Å². The number of carbonyl (C=O) groups is 1. The van der Waals surface area contributed by atoms with Gasteiger partial charge in [0.2, 0.25) is 0 Å². The first-order valence-corrected chi connectivity index (χ1v) is 45.3. The molecule has 0 unspecified atom stereocenters. The maximum absolute atomic E-state index is 10.5. The van der Waals surface area contributed by atoms with Crippen LogP contribution in [0, 0.1) is 0 Å². The van der Waals surface area contributed by atoms with Crippen LogP contribution in [-0.4, -0.2) is 20.0 Å². The maximum Gasteiger partial charge on any atom is 0.132 e. The number of benzene rings is 14. The number of halogens is 4. The van der Waals surface area contributed by atoms with Gasteiger partial charge in [-0.3, -0.25) is 4.79 Å². The minimum Gasteiger partial charge on any atom is -0.385 e. The van der Waals surface area contributed by atoms with Crippen LogP contribution in [0.5, 0.6) is 0 Å². The second-order valence-electron chi connectivity index (χ2n) is 31.7. The first kappa shape index (κ1) is 82.9. The van der Waals surface area contributed by atoms with Gasteiger partial charge in [0.1, 0.15) is 5.78 Å². The highest BCUT2D eigenvalue weighted by molar-refractivity contribution is 9.11. The average molecular weight is 1810 g/mol. The van der Waals surface area contributed by atoms with Crippen molar-refractivity contribution < 1.29 is 9.90 Å². The highest BCUT2D eigenvalue weighted by Crippen LogP contribution is 2.49. The summed E-state index contributed by atoms with van der Waals surface area (Å²) in [5.74, 6) is 0.464. The Morgan fingerprint density at radius 1 is 0.271 bits per heavy atom. The van der Waals surface area contributed by atoms with Crippen LogP contribution >= 0.6 is 63.7 Å². The third-order valence-corrected chi connectivity index (χ3v) is 26.2. The van der Waals surface area contributed by atoms with Crippen LogP contribution in [0.1, 0.15) is 156 Å².